The van der Waals surface area contributed by atoms with Crippen molar-refractivity contribution < 1.29 is 25.2 Å². The fourth-order valence-electron chi connectivity index (χ4n) is 2.20. The van der Waals surface area contributed by atoms with Gasteiger partial charge in [0, 0.05) is 17.7 Å². The number of hydrogen-bond donors (Lipinski definition) is 4. The number of aliphatic hydroxyl groups is 1. The van der Waals surface area contributed by atoms with Gasteiger partial charge >= 0.3 is 0 Å². The van der Waals surface area contributed by atoms with Gasteiger partial charge in [-0.3, -0.25) is 0 Å². The normalized spacial score (nSPS) is 17.1. The van der Waals surface area contributed by atoms with Gasteiger partial charge in [0.15, 0.2) is 0 Å². The lowest BCUT2D eigenvalue weighted by Crippen LogP contribution is -2.09. The molecule has 1 unspecified atom stereocenters. The molecule has 4 N–H and O–H groups in total. The topological polar surface area (TPSA) is 90.2 Å². The van der Waals surface area contributed by atoms with E-state index in [0.29, 0.717) is 11.1 Å². The van der Waals surface area contributed by atoms with Crippen LogP contribution in [-0.2, 0) is 0 Å². The van der Waals surface area contributed by atoms with Crippen LogP contribution in [0.2, 0.25) is 0 Å². The molecule has 3 rings (SSSR count). The molecule has 0 spiro atoms. The first-order valence-corrected chi connectivity index (χ1v) is 5.96. The summed E-state index contributed by atoms with van der Waals surface area (Å²) in [6, 6.07) is 8.73. The van der Waals surface area contributed by atoms with Gasteiger partial charge in [0.2, 0.25) is 0 Å². The van der Waals surface area contributed by atoms with Gasteiger partial charge in [-0.2, -0.15) is 0 Å². The maximum Gasteiger partial charge on any atom is 0.140 e. The summed E-state index contributed by atoms with van der Waals surface area (Å²) in [5, 5.41) is 38.9. The summed E-state index contributed by atoms with van der Waals surface area (Å²) >= 11 is 0. The monoisotopic (exact) mass is 272 g/mol. The van der Waals surface area contributed by atoms with E-state index in [4.69, 9.17) is 4.74 Å². The number of ether oxygens (including phenoxy) is 1. The van der Waals surface area contributed by atoms with Gasteiger partial charge in [-0.05, 0) is 17.7 Å². The molecule has 20 heavy (non-hydrogen) atoms. The van der Waals surface area contributed by atoms with E-state index in [2.05, 4.69) is 0 Å². The van der Waals surface area contributed by atoms with E-state index in [1.807, 2.05) is 0 Å². The molecule has 1 aliphatic heterocycles. The van der Waals surface area contributed by atoms with Gasteiger partial charge in [0.05, 0.1) is 11.8 Å². The molecule has 0 radical (unpaired) electrons. The summed E-state index contributed by atoms with van der Waals surface area (Å²) in [6.45, 7) is 0. The molecular weight excluding hydrogens is 260 g/mol. The molecule has 1 heterocycles. The van der Waals surface area contributed by atoms with Crippen LogP contribution in [0.4, 0.5) is 0 Å². The Balaban J connectivity index is 2.05. The number of hydrogen-bond acceptors (Lipinski definition) is 5. The largest absolute Gasteiger partial charge is 0.508 e. The van der Waals surface area contributed by atoms with Crippen LogP contribution in [0.1, 0.15) is 17.2 Å². The number of phenols is 3. The van der Waals surface area contributed by atoms with Crippen molar-refractivity contribution in [3.05, 3.63) is 53.8 Å². The maximum atomic E-state index is 10.4. The van der Waals surface area contributed by atoms with Gasteiger partial charge in [0.25, 0.3) is 0 Å². The number of fused-ring (bicyclic) bond motifs is 1. The lowest BCUT2D eigenvalue weighted by Gasteiger charge is -2.24. The van der Waals surface area contributed by atoms with Gasteiger partial charge in [-0.25, -0.2) is 0 Å². The Morgan fingerprint density at radius 3 is 2.30 bits per heavy atom. The lowest BCUT2D eigenvalue weighted by atomic mass is 9.93. The van der Waals surface area contributed by atoms with Gasteiger partial charge in [-0.15, -0.1) is 0 Å². The first-order valence-electron chi connectivity index (χ1n) is 5.96. The van der Waals surface area contributed by atoms with E-state index >= 15 is 0 Å². The summed E-state index contributed by atoms with van der Waals surface area (Å²) < 4.78 is 5.35. The van der Waals surface area contributed by atoms with E-state index in [-0.39, 0.29) is 28.6 Å². The van der Waals surface area contributed by atoms with Crippen LogP contribution >= 0.6 is 0 Å². The minimum Gasteiger partial charge on any atom is -0.508 e. The standard InChI is InChI=1S/C15H12O5/c16-9-3-1-8(2-4-9)11-7-20-13-6-10(17)5-12(18)14(13)15(11)19/h1-7,15-19H. The van der Waals surface area contributed by atoms with Gasteiger partial charge < -0.3 is 25.2 Å². The van der Waals surface area contributed by atoms with Crippen molar-refractivity contribution in [3.8, 4) is 23.0 Å². The second kappa shape index (κ2) is 4.47. The van der Waals surface area contributed by atoms with Crippen molar-refractivity contribution >= 4 is 5.57 Å². The lowest BCUT2D eigenvalue weighted by molar-refractivity contribution is 0.218. The molecule has 102 valence electrons. The number of phenolic OH excluding ortho intramolecular Hbond substituents is 3. The smallest absolute Gasteiger partial charge is 0.140 e. The van der Waals surface area contributed by atoms with Crippen LogP contribution in [0.25, 0.3) is 5.57 Å². The molecule has 0 fully saturated rings. The van der Waals surface area contributed by atoms with Crippen molar-refractivity contribution in [2.24, 2.45) is 0 Å². The van der Waals surface area contributed by atoms with Crippen molar-refractivity contribution in [2.45, 2.75) is 6.10 Å². The highest BCUT2D eigenvalue weighted by Crippen LogP contribution is 2.45. The Morgan fingerprint density at radius 1 is 0.900 bits per heavy atom. The average Bonchev–Trinajstić information content (AvgIpc) is 2.39. The third kappa shape index (κ3) is 1.94. The number of benzene rings is 2. The van der Waals surface area contributed by atoms with Gasteiger partial charge in [0.1, 0.15) is 29.1 Å². The Morgan fingerprint density at radius 2 is 1.60 bits per heavy atom. The van der Waals surface area contributed by atoms with Crippen LogP contribution in [-0.4, -0.2) is 20.4 Å². The summed E-state index contributed by atoms with van der Waals surface area (Å²) in [6.07, 6.45) is 0.280. The van der Waals surface area contributed by atoms with E-state index < -0.39 is 6.10 Å². The molecule has 0 saturated heterocycles. The van der Waals surface area contributed by atoms with E-state index in [9.17, 15) is 20.4 Å². The molecule has 0 aromatic heterocycles. The molecule has 0 aliphatic carbocycles. The quantitative estimate of drug-likeness (QED) is 0.639. The van der Waals surface area contributed by atoms with Crippen molar-refractivity contribution in [1.82, 2.24) is 0 Å². The Labute approximate surface area is 114 Å². The van der Waals surface area contributed by atoms with Crippen molar-refractivity contribution in [3.63, 3.8) is 0 Å². The Hall–Kier alpha value is -2.66. The fraction of sp³-hybridized carbons (Fsp3) is 0.0667. The summed E-state index contributed by atoms with van der Waals surface area (Å²) in [7, 11) is 0. The minimum absolute atomic E-state index is 0.119. The molecule has 2 aromatic carbocycles. The first-order chi connectivity index (χ1) is 9.56. The summed E-state index contributed by atoms with van der Waals surface area (Å²) in [5.74, 6) is -0.0573. The molecule has 0 saturated carbocycles. The van der Waals surface area contributed by atoms with E-state index in [1.165, 1.54) is 24.5 Å². The molecule has 2 aromatic rings. The molecule has 1 atom stereocenters. The highest BCUT2D eigenvalue weighted by molar-refractivity contribution is 5.74. The van der Waals surface area contributed by atoms with Crippen LogP contribution < -0.4 is 4.74 Å². The van der Waals surface area contributed by atoms with Crippen LogP contribution in [0.15, 0.2) is 42.7 Å². The zero-order valence-corrected chi connectivity index (χ0v) is 10.3. The van der Waals surface area contributed by atoms with Crippen molar-refractivity contribution in [1.29, 1.82) is 0 Å². The Kier molecular flexibility index (Phi) is 2.76. The maximum absolute atomic E-state index is 10.4. The second-order valence-electron chi connectivity index (χ2n) is 4.52. The fourth-order valence-corrected chi connectivity index (χ4v) is 2.20. The summed E-state index contributed by atoms with van der Waals surface area (Å²) in [4.78, 5) is 0. The molecule has 0 bridgehead atoms. The average molecular weight is 272 g/mol. The van der Waals surface area contributed by atoms with Gasteiger partial charge in [-0.1, -0.05) is 12.1 Å². The van der Waals surface area contributed by atoms with Crippen LogP contribution in [0.3, 0.4) is 0 Å². The van der Waals surface area contributed by atoms with Crippen LogP contribution in [0.5, 0.6) is 23.0 Å². The molecule has 1 aliphatic rings. The molecule has 5 heteroatoms. The number of aliphatic hydroxyl groups excluding tert-OH is 1. The molecule has 0 amide bonds. The predicted octanol–water partition coefficient (Wildman–Crippen LogP) is 2.27. The second-order valence-corrected chi connectivity index (χ2v) is 4.52. The minimum atomic E-state index is -1.08. The first kappa shape index (κ1) is 12.4. The van der Waals surface area contributed by atoms with Crippen molar-refractivity contribution in [2.75, 3.05) is 0 Å². The molecule has 5 nitrogen and oxygen atoms in total. The molecular formula is C15H12O5. The number of rotatable bonds is 1. The summed E-state index contributed by atoms with van der Waals surface area (Å²) in [5.41, 5.74) is 1.32. The SMILES string of the molecule is Oc1ccc(C2=COc3cc(O)cc(O)c3C2O)cc1. The Bertz CT molecular complexity index is 688. The van der Waals surface area contributed by atoms with E-state index in [0.717, 1.165) is 6.07 Å². The highest BCUT2D eigenvalue weighted by Gasteiger charge is 2.27. The third-order valence-corrected chi connectivity index (χ3v) is 3.19. The third-order valence-electron chi connectivity index (χ3n) is 3.19. The highest BCUT2D eigenvalue weighted by atomic mass is 16.5. The van der Waals surface area contributed by atoms with E-state index in [1.54, 1.807) is 12.1 Å². The zero-order valence-electron chi connectivity index (χ0n) is 10.3. The predicted molar refractivity (Wildman–Crippen MR) is 71.4 cm³/mol. The number of aromatic hydroxyl groups is 3. The van der Waals surface area contributed by atoms with Crippen LogP contribution in [0, 0.1) is 0 Å². The zero-order chi connectivity index (χ0) is 14.3.